The lowest BCUT2D eigenvalue weighted by Gasteiger charge is -2.25. The van der Waals surface area contributed by atoms with Gasteiger partial charge in [0.1, 0.15) is 17.5 Å². The van der Waals surface area contributed by atoms with Gasteiger partial charge < -0.3 is 29.5 Å². The second-order valence-corrected chi connectivity index (χ2v) is 8.07. The van der Waals surface area contributed by atoms with E-state index in [1.54, 1.807) is 17.6 Å². The smallest absolute Gasteiger partial charge is 0.268 e. The van der Waals surface area contributed by atoms with Gasteiger partial charge in [-0.2, -0.15) is 0 Å². The molecule has 32 heavy (non-hydrogen) atoms. The number of aldehydes is 1. The number of aromatic nitrogens is 1. The molecule has 0 bridgehead atoms. The third-order valence-electron chi connectivity index (χ3n) is 5.56. The Morgan fingerprint density at radius 3 is 2.66 bits per heavy atom. The van der Waals surface area contributed by atoms with Crippen molar-refractivity contribution in [3.8, 4) is 0 Å². The van der Waals surface area contributed by atoms with Gasteiger partial charge in [0.2, 0.25) is 0 Å². The van der Waals surface area contributed by atoms with Gasteiger partial charge in [-0.1, -0.05) is 37.3 Å². The van der Waals surface area contributed by atoms with E-state index in [0.29, 0.717) is 43.0 Å². The number of fused-ring (bicyclic) bond motifs is 1. The van der Waals surface area contributed by atoms with Crippen molar-refractivity contribution in [3.63, 3.8) is 0 Å². The van der Waals surface area contributed by atoms with Crippen LogP contribution in [0.25, 0.3) is 0 Å². The van der Waals surface area contributed by atoms with Crippen LogP contribution in [-0.2, 0) is 27.4 Å². The van der Waals surface area contributed by atoms with E-state index in [0.717, 1.165) is 12.0 Å². The van der Waals surface area contributed by atoms with Gasteiger partial charge in [-0.25, -0.2) is 0 Å². The topological polar surface area (TPSA) is 98.7 Å². The summed E-state index contributed by atoms with van der Waals surface area (Å²) >= 11 is 0. The Bertz CT molecular complexity index is 956. The molecule has 3 rings (SSSR count). The van der Waals surface area contributed by atoms with E-state index in [1.165, 1.54) is 0 Å². The van der Waals surface area contributed by atoms with Crippen molar-refractivity contribution in [3.05, 3.63) is 58.9 Å². The first kappa shape index (κ1) is 23.7. The van der Waals surface area contributed by atoms with Crippen LogP contribution in [0.5, 0.6) is 0 Å². The fraction of sp³-hybridized carbons (Fsp3) is 0.458. The quantitative estimate of drug-likeness (QED) is 0.553. The Balaban J connectivity index is 1.86. The molecule has 1 aliphatic rings. The minimum Gasteiger partial charge on any atom is -0.379 e. The Morgan fingerprint density at radius 1 is 1.25 bits per heavy atom. The molecule has 1 aromatic carbocycles. The van der Waals surface area contributed by atoms with E-state index in [2.05, 4.69) is 10.6 Å². The first-order chi connectivity index (χ1) is 15.4. The number of carbonyl (C=O) groups excluding carboxylic acids is 3. The predicted molar refractivity (Wildman–Crippen MR) is 119 cm³/mol. The Kier molecular flexibility index (Phi) is 7.82. The van der Waals surface area contributed by atoms with E-state index in [1.807, 2.05) is 44.2 Å². The van der Waals surface area contributed by atoms with Crippen LogP contribution < -0.4 is 10.6 Å². The van der Waals surface area contributed by atoms with Crippen LogP contribution >= 0.6 is 0 Å². The minimum absolute atomic E-state index is 0.0675. The number of benzene rings is 1. The predicted octanol–water partition coefficient (Wildman–Crippen LogP) is 2.62. The van der Waals surface area contributed by atoms with Gasteiger partial charge in [-0.3, -0.25) is 9.59 Å². The number of hydrogen-bond acceptors (Lipinski definition) is 5. The molecule has 1 aromatic heterocycles. The number of hydrogen-bond donors (Lipinski definition) is 2. The third kappa shape index (κ3) is 5.26. The normalized spacial score (nSPS) is 15.8. The van der Waals surface area contributed by atoms with E-state index in [9.17, 15) is 14.4 Å². The van der Waals surface area contributed by atoms with Gasteiger partial charge in [0.05, 0.1) is 37.1 Å². The Morgan fingerprint density at radius 2 is 2.00 bits per heavy atom. The number of nitrogens with zero attached hydrogens (tertiary/aromatic N) is 1. The van der Waals surface area contributed by atoms with Gasteiger partial charge in [0.15, 0.2) is 0 Å². The first-order valence-electron chi connectivity index (χ1n) is 10.9. The number of rotatable bonds is 10. The van der Waals surface area contributed by atoms with Crippen molar-refractivity contribution in [2.75, 3.05) is 19.8 Å². The summed E-state index contributed by atoms with van der Waals surface area (Å²) in [6.07, 6.45) is 1.40. The highest BCUT2D eigenvalue weighted by Crippen LogP contribution is 2.24. The summed E-state index contributed by atoms with van der Waals surface area (Å²) in [5, 5.41) is 5.82. The van der Waals surface area contributed by atoms with Gasteiger partial charge >= 0.3 is 0 Å². The molecule has 2 amide bonds. The number of amides is 2. The summed E-state index contributed by atoms with van der Waals surface area (Å²) in [6, 6.07) is 11.2. The average molecular weight is 442 g/mol. The van der Waals surface area contributed by atoms with Crippen molar-refractivity contribution in [1.29, 1.82) is 0 Å². The van der Waals surface area contributed by atoms with E-state index in [4.69, 9.17) is 9.47 Å². The monoisotopic (exact) mass is 441 g/mol. The van der Waals surface area contributed by atoms with Crippen LogP contribution in [0.15, 0.2) is 36.4 Å². The highest BCUT2D eigenvalue weighted by atomic mass is 16.5. The molecule has 8 heteroatoms. The van der Waals surface area contributed by atoms with Crippen molar-refractivity contribution < 1.29 is 23.9 Å². The lowest BCUT2D eigenvalue weighted by atomic mass is 10.0. The van der Waals surface area contributed by atoms with Crippen LogP contribution in [0.1, 0.15) is 65.3 Å². The van der Waals surface area contributed by atoms with E-state index in [-0.39, 0.29) is 25.2 Å². The van der Waals surface area contributed by atoms with Crippen LogP contribution in [0.3, 0.4) is 0 Å². The van der Waals surface area contributed by atoms with Gasteiger partial charge in [-0.15, -0.1) is 0 Å². The van der Waals surface area contributed by atoms with Crippen LogP contribution in [-0.4, -0.2) is 48.0 Å². The molecule has 8 nitrogen and oxygen atoms in total. The molecule has 1 unspecified atom stereocenters. The molecule has 2 atom stereocenters. The van der Waals surface area contributed by atoms with Crippen molar-refractivity contribution in [2.45, 2.75) is 51.9 Å². The van der Waals surface area contributed by atoms with Crippen molar-refractivity contribution in [2.24, 2.45) is 0 Å². The summed E-state index contributed by atoms with van der Waals surface area (Å²) in [5.41, 5.74) is 1.24. The molecular formula is C24H31N3O5. The van der Waals surface area contributed by atoms with Crippen molar-refractivity contribution >= 4 is 18.1 Å². The van der Waals surface area contributed by atoms with Crippen LogP contribution in [0.4, 0.5) is 0 Å². The van der Waals surface area contributed by atoms with Crippen molar-refractivity contribution in [1.82, 2.24) is 15.2 Å². The molecule has 0 saturated carbocycles. The highest BCUT2D eigenvalue weighted by Gasteiger charge is 2.31. The second-order valence-electron chi connectivity index (χ2n) is 8.07. The second kappa shape index (κ2) is 10.6. The fourth-order valence-corrected chi connectivity index (χ4v) is 3.79. The fourth-order valence-electron chi connectivity index (χ4n) is 3.79. The molecule has 0 saturated heterocycles. The zero-order valence-corrected chi connectivity index (χ0v) is 18.8. The summed E-state index contributed by atoms with van der Waals surface area (Å²) in [6.45, 7) is 7.06. The number of nitrogens with one attached hydrogen (secondary N) is 2. The lowest BCUT2D eigenvalue weighted by molar-refractivity contribution is -0.114. The maximum Gasteiger partial charge on any atom is 0.268 e. The molecule has 2 heterocycles. The van der Waals surface area contributed by atoms with Crippen LogP contribution in [0, 0.1) is 0 Å². The summed E-state index contributed by atoms with van der Waals surface area (Å²) in [4.78, 5) is 37.9. The average Bonchev–Trinajstić information content (AvgIpc) is 3.22. The van der Waals surface area contributed by atoms with Gasteiger partial charge in [-0.05, 0) is 31.9 Å². The third-order valence-corrected chi connectivity index (χ3v) is 5.56. The summed E-state index contributed by atoms with van der Waals surface area (Å²) < 4.78 is 12.7. The molecule has 0 radical (unpaired) electrons. The Hall–Kier alpha value is -2.97. The zero-order valence-electron chi connectivity index (χ0n) is 18.8. The molecule has 2 aromatic rings. The van der Waals surface area contributed by atoms with E-state index < -0.39 is 11.4 Å². The number of carbonyl (C=O) groups is 3. The SMILES string of the molecule is CCOCC(C)(C=O)NC(=O)c1cc(C(=O)N[C@H](CC)c2ccccc2)c2n1CCOC2. The van der Waals surface area contributed by atoms with Gasteiger partial charge in [0, 0.05) is 13.2 Å². The molecule has 172 valence electrons. The molecular weight excluding hydrogens is 410 g/mol. The molecule has 1 aliphatic heterocycles. The number of ether oxygens (including phenoxy) is 2. The maximum absolute atomic E-state index is 13.2. The minimum atomic E-state index is -1.16. The zero-order chi connectivity index (χ0) is 23.1. The lowest BCUT2D eigenvalue weighted by Crippen LogP contribution is -2.51. The molecule has 0 fully saturated rings. The summed E-state index contributed by atoms with van der Waals surface area (Å²) in [7, 11) is 0. The molecule has 2 N–H and O–H groups in total. The first-order valence-corrected chi connectivity index (χ1v) is 10.9. The molecule has 0 aliphatic carbocycles. The Labute approximate surface area is 188 Å². The largest absolute Gasteiger partial charge is 0.379 e. The highest BCUT2D eigenvalue weighted by molar-refractivity contribution is 6.01. The van der Waals surface area contributed by atoms with E-state index >= 15 is 0 Å². The van der Waals surface area contributed by atoms with Crippen LogP contribution in [0.2, 0.25) is 0 Å². The van der Waals surface area contributed by atoms with Gasteiger partial charge in [0.25, 0.3) is 11.8 Å². The standard InChI is InChI=1S/C24H31N3O5/c1-4-19(17-9-7-6-8-10-17)25-22(29)18-13-20(27-11-12-32-14-21(18)27)23(30)26-24(3,15-28)16-31-5-2/h6-10,13,15,19H,4-5,11-12,14,16H2,1-3H3,(H,25,29)(H,26,30)/t19-,24?/m1/s1. The molecule has 0 spiro atoms. The summed E-state index contributed by atoms with van der Waals surface area (Å²) in [5.74, 6) is -0.696. The maximum atomic E-state index is 13.2.